The molecule has 3 aromatic rings. The number of rotatable bonds is 6. The van der Waals surface area contributed by atoms with E-state index in [1.54, 1.807) is 17.5 Å². The highest BCUT2D eigenvalue weighted by molar-refractivity contribution is 8.00. The number of nitrogens with two attached hydrogens (primary N) is 1. The highest BCUT2D eigenvalue weighted by Gasteiger charge is 2.52. The zero-order valence-corrected chi connectivity index (χ0v) is 19.0. The van der Waals surface area contributed by atoms with E-state index in [0.29, 0.717) is 17.0 Å². The lowest BCUT2D eigenvalue weighted by Crippen LogP contribution is -2.68. The predicted molar refractivity (Wildman–Crippen MR) is 128 cm³/mol. The lowest BCUT2D eigenvalue weighted by atomic mass is 10.0. The maximum Gasteiger partial charge on any atom is 0.356 e. The second-order valence-corrected chi connectivity index (χ2v) is 9.29. The molecule has 2 aliphatic rings. The molecule has 1 fully saturated rings. The summed E-state index contributed by atoms with van der Waals surface area (Å²) in [5.41, 5.74) is 9.30. The predicted octanol–water partition coefficient (Wildman–Crippen LogP) is 3.38. The van der Waals surface area contributed by atoms with E-state index < -0.39 is 18.1 Å². The van der Waals surface area contributed by atoms with Crippen LogP contribution in [0.25, 0.3) is 6.08 Å². The van der Waals surface area contributed by atoms with Crippen molar-refractivity contribution in [1.82, 2.24) is 14.5 Å². The van der Waals surface area contributed by atoms with Crippen molar-refractivity contribution in [3.63, 3.8) is 0 Å². The van der Waals surface area contributed by atoms with Crippen molar-refractivity contribution >= 4 is 41.2 Å². The zero-order chi connectivity index (χ0) is 22.8. The molecule has 9 heteroatoms. The van der Waals surface area contributed by atoms with Crippen LogP contribution in [-0.4, -0.2) is 43.5 Å². The topological polar surface area (TPSA) is 98.4 Å². The smallest absolute Gasteiger partial charge is 0.356 e. The summed E-state index contributed by atoms with van der Waals surface area (Å²) < 4.78 is 9.92. The molecule has 2 aliphatic heterocycles. The van der Waals surface area contributed by atoms with E-state index in [4.69, 9.17) is 10.5 Å². The number of hydrogen-bond donors (Lipinski definition) is 1. The van der Waals surface area contributed by atoms with Gasteiger partial charge in [0.2, 0.25) is 5.91 Å². The van der Waals surface area contributed by atoms with E-state index in [1.807, 2.05) is 60.7 Å². The summed E-state index contributed by atoms with van der Waals surface area (Å²) in [5, 5.41) is 5.54. The monoisotopic (exact) mass is 476 g/mol. The lowest BCUT2D eigenvalue weighted by Gasteiger charge is -2.48. The number of esters is 1. The van der Waals surface area contributed by atoms with Gasteiger partial charge < -0.3 is 10.5 Å². The number of benzene rings is 2. The number of aromatic nitrogens is 2. The Kier molecular flexibility index (Phi) is 6.08. The summed E-state index contributed by atoms with van der Waals surface area (Å²) in [6.45, 7) is 0. The number of allylic oxidation sites excluding steroid dienone is 1. The largest absolute Gasteiger partial charge is 0.448 e. The van der Waals surface area contributed by atoms with Gasteiger partial charge in [0.05, 0.1) is 5.69 Å². The van der Waals surface area contributed by atoms with E-state index in [2.05, 4.69) is 9.59 Å². The van der Waals surface area contributed by atoms with Crippen LogP contribution in [0.2, 0.25) is 0 Å². The van der Waals surface area contributed by atoms with Gasteiger partial charge in [-0.25, -0.2) is 4.79 Å². The molecular weight excluding hydrogens is 456 g/mol. The molecule has 33 heavy (non-hydrogen) atoms. The first-order chi connectivity index (χ1) is 16.1. The second-order valence-electron chi connectivity index (χ2n) is 7.58. The van der Waals surface area contributed by atoms with Crippen molar-refractivity contribution in [3.8, 4) is 0 Å². The first-order valence-electron chi connectivity index (χ1n) is 10.3. The molecule has 166 valence electrons. The second kappa shape index (κ2) is 9.30. The van der Waals surface area contributed by atoms with Crippen molar-refractivity contribution in [2.45, 2.75) is 17.5 Å². The molecule has 1 unspecified atom stereocenters. The number of β-lactam (4-membered cyclic amide) rings is 1. The van der Waals surface area contributed by atoms with Gasteiger partial charge in [-0.1, -0.05) is 71.2 Å². The molecule has 0 bridgehead atoms. The molecule has 0 radical (unpaired) electrons. The van der Waals surface area contributed by atoms with E-state index >= 15 is 0 Å². The van der Waals surface area contributed by atoms with Crippen LogP contribution in [0, 0.1) is 0 Å². The standard InChI is InChI=1S/C24H20N4O3S2/c25-19-22(29)28-20(17(13-32-23(19)28)11-12-18-14-33-27-26-18)24(30)31-21(15-7-3-1-4-8-15)16-9-5-2-6-10-16/h1-12,14,19,21,23H,13,25H2/b12-11-/t19?,23-/m1/s1. The van der Waals surface area contributed by atoms with Gasteiger partial charge in [0.25, 0.3) is 0 Å². The highest BCUT2D eigenvalue weighted by Crippen LogP contribution is 2.41. The van der Waals surface area contributed by atoms with Crippen LogP contribution in [0.15, 0.2) is 83.4 Å². The average molecular weight is 477 g/mol. The van der Waals surface area contributed by atoms with Crippen LogP contribution in [0.5, 0.6) is 0 Å². The number of thioether (sulfide) groups is 1. The van der Waals surface area contributed by atoms with E-state index in [1.165, 1.54) is 28.2 Å². The SMILES string of the molecule is NC1C(=O)N2C(C(=O)OC(c3ccccc3)c3ccccc3)=C(/C=C\c3csnn3)CS[C@H]12. The van der Waals surface area contributed by atoms with Gasteiger partial charge in [-0.15, -0.1) is 16.9 Å². The molecule has 2 atom stereocenters. The zero-order valence-electron chi connectivity index (χ0n) is 17.4. The summed E-state index contributed by atoms with van der Waals surface area (Å²) in [5.74, 6) is -0.312. The fourth-order valence-electron chi connectivity index (χ4n) is 3.83. The van der Waals surface area contributed by atoms with Gasteiger partial charge in [-0.05, 0) is 34.3 Å². The third kappa shape index (κ3) is 4.22. The molecule has 1 saturated heterocycles. The molecule has 7 nitrogen and oxygen atoms in total. The Balaban J connectivity index is 1.51. The fourth-order valence-corrected chi connectivity index (χ4v) is 5.52. The summed E-state index contributed by atoms with van der Waals surface area (Å²) in [6, 6.07) is 18.5. The number of carbonyl (C=O) groups excluding carboxylic acids is 2. The Morgan fingerprint density at radius 3 is 2.36 bits per heavy atom. The van der Waals surface area contributed by atoms with Crippen molar-refractivity contribution < 1.29 is 14.3 Å². The third-order valence-electron chi connectivity index (χ3n) is 5.49. The van der Waals surface area contributed by atoms with Gasteiger partial charge in [0.15, 0.2) is 6.10 Å². The van der Waals surface area contributed by atoms with Crippen molar-refractivity contribution in [2.24, 2.45) is 5.73 Å². The minimum absolute atomic E-state index is 0.238. The minimum Gasteiger partial charge on any atom is -0.448 e. The van der Waals surface area contributed by atoms with Gasteiger partial charge in [0.1, 0.15) is 17.1 Å². The third-order valence-corrected chi connectivity index (χ3v) is 7.34. The summed E-state index contributed by atoms with van der Waals surface area (Å²) in [6.07, 6.45) is 2.97. The highest BCUT2D eigenvalue weighted by atomic mass is 32.2. The van der Waals surface area contributed by atoms with Gasteiger partial charge >= 0.3 is 5.97 Å². The van der Waals surface area contributed by atoms with Crippen molar-refractivity contribution in [3.05, 3.63) is 100 Å². The van der Waals surface area contributed by atoms with Crippen molar-refractivity contribution in [1.29, 1.82) is 0 Å². The van der Waals surface area contributed by atoms with Gasteiger partial charge in [0, 0.05) is 11.1 Å². The van der Waals surface area contributed by atoms with Crippen LogP contribution < -0.4 is 5.73 Å². The summed E-state index contributed by atoms with van der Waals surface area (Å²) in [4.78, 5) is 27.7. The normalized spacial score (nSPS) is 20.2. The number of ether oxygens (including phenoxy) is 1. The number of nitrogens with zero attached hydrogens (tertiary/aromatic N) is 3. The van der Waals surface area contributed by atoms with Gasteiger partial charge in [-0.2, -0.15) is 0 Å². The number of amides is 1. The molecule has 3 heterocycles. The fraction of sp³-hybridized carbons (Fsp3) is 0.167. The Labute approximate surface area is 199 Å². The first kappa shape index (κ1) is 21.6. The van der Waals surface area contributed by atoms with E-state index in [9.17, 15) is 9.59 Å². The molecular formula is C24H20N4O3S2. The van der Waals surface area contributed by atoms with Crippen LogP contribution >= 0.6 is 23.3 Å². The van der Waals surface area contributed by atoms with Crippen molar-refractivity contribution in [2.75, 3.05) is 5.75 Å². The number of carbonyl (C=O) groups is 2. The molecule has 1 aromatic heterocycles. The Morgan fingerprint density at radius 1 is 1.09 bits per heavy atom. The van der Waals surface area contributed by atoms with Gasteiger partial charge in [-0.3, -0.25) is 9.69 Å². The van der Waals surface area contributed by atoms with Crippen LogP contribution in [0.3, 0.4) is 0 Å². The quantitative estimate of drug-likeness (QED) is 0.430. The Bertz CT molecular complexity index is 1170. The molecule has 0 aliphatic carbocycles. The maximum absolute atomic E-state index is 13.6. The van der Waals surface area contributed by atoms with Crippen LogP contribution in [0.4, 0.5) is 0 Å². The minimum atomic E-state index is -0.620. The number of fused-ring (bicyclic) bond motifs is 1. The molecule has 0 saturated carbocycles. The van der Waals surface area contributed by atoms with Crippen LogP contribution in [-0.2, 0) is 14.3 Å². The van der Waals surface area contributed by atoms with E-state index in [-0.39, 0.29) is 17.0 Å². The maximum atomic E-state index is 13.6. The Hall–Kier alpha value is -3.27. The van der Waals surface area contributed by atoms with Crippen LogP contribution in [0.1, 0.15) is 22.9 Å². The van der Waals surface area contributed by atoms with E-state index in [0.717, 1.165) is 11.1 Å². The summed E-state index contributed by atoms with van der Waals surface area (Å²) >= 11 is 2.78. The molecule has 2 N–H and O–H groups in total. The lowest BCUT2D eigenvalue weighted by molar-refractivity contribution is -0.153. The molecule has 1 amide bonds. The molecule has 0 spiro atoms. The summed E-state index contributed by atoms with van der Waals surface area (Å²) in [7, 11) is 0. The average Bonchev–Trinajstić information content (AvgIpc) is 3.39. The Morgan fingerprint density at radius 2 is 1.76 bits per heavy atom. The number of hydrogen-bond acceptors (Lipinski definition) is 8. The first-order valence-corrected chi connectivity index (χ1v) is 12.2. The molecule has 2 aromatic carbocycles. The molecule has 5 rings (SSSR count).